The third-order valence-corrected chi connectivity index (χ3v) is 4.83. The lowest BCUT2D eigenvalue weighted by Gasteiger charge is -2.20. The number of carbonyl (C=O) groups is 1. The summed E-state index contributed by atoms with van der Waals surface area (Å²) in [5, 5.41) is 9.71. The number of rotatable bonds is 6. The molecule has 1 saturated carbocycles. The van der Waals surface area contributed by atoms with Crippen LogP contribution < -0.4 is 14.8 Å². The predicted molar refractivity (Wildman–Crippen MR) is 96.3 cm³/mol. The van der Waals surface area contributed by atoms with Crippen molar-refractivity contribution < 1.29 is 18.7 Å². The molecule has 2 N–H and O–H groups in total. The van der Waals surface area contributed by atoms with Crippen molar-refractivity contribution in [1.82, 2.24) is 10.2 Å². The van der Waals surface area contributed by atoms with E-state index in [0.717, 1.165) is 12.1 Å². The highest BCUT2D eigenvalue weighted by Gasteiger charge is 2.23. The lowest BCUT2D eigenvalue weighted by atomic mass is 9.86. The van der Waals surface area contributed by atoms with Gasteiger partial charge < -0.3 is 14.8 Å². The van der Waals surface area contributed by atoms with Gasteiger partial charge in [-0.1, -0.05) is 32.1 Å². The number of nitrogens with zero attached hydrogens (tertiary/aromatic N) is 1. The number of methoxy groups -OCH3 is 2. The lowest BCUT2D eigenvalue weighted by Crippen LogP contribution is -2.16. The zero-order valence-corrected chi connectivity index (χ0v) is 15.1. The summed E-state index contributed by atoms with van der Waals surface area (Å²) in [6, 6.07) is 4.40. The molecule has 1 aliphatic rings. The fraction of sp³-hybridized carbons (Fsp3) is 0.474. The summed E-state index contributed by atoms with van der Waals surface area (Å²) in [5.41, 5.74) is 0.772. The molecule has 1 aromatic carbocycles. The minimum atomic E-state index is -0.682. The van der Waals surface area contributed by atoms with Gasteiger partial charge in [-0.25, -0.2) is 4.39 Å². The van der Waals surface area contributed by atoms with E-state index < -0.39 is 11.7 Å². The minimum absolute atomic E-state index is 0.0583. The quantitative estimate of drug-likeness (QED) is 0.817. The SMILES string of the molecule is COc1ccc(F)c(C(=O)Nc2cc(CC3CCCCC3)[nH]n2)c1OC. The van der Waals surface area contributed by atoms with Crippen LogP contribution in [0.1, 0.15) is 48.2 Å². The number of anilines is 1. The largest absolute Gasteiger partial charge is 0.493 e. The average Bonchev–Trinajstić information content (AvgIpc) is 3.08. The Hall–Kier alpha value is -2.57. The third kappa shape index (κ3) is 3.98. The van der Waals surface area contributed by atoms with E-state index in [9.17, 15) is 9.18 Å². The molecule has 2 aromatic rings. The predicted octanol–water partition coefficient (Wildman–Crippen LogP) is 3.94. The molecule has 140 valence electrons. The van der Waals surface area contributed by atoms with Crippen molar-refractivity contribution >= 4 is 11.7 Å². The fourth-order valence-electron chi connectivity index (χ4n) is 3.53. The van der Waals surface area contributed by atoms with Crippen molar-refractivity contribution in [2.45, 2.75) is 38.5 Å². The number of benzene rings is 1. The van der Waals surface area contributed by atoms with Gasteiger partial charge in [-0.05, 0) is 24.5 Å². The van der Waals surface area contributed by atoms with Gasteiger partial charge in [0.1, 0.15) is 11.4 Å². The Morgan fingerprint density at radius 3 is 2.73 bits per heavy atom. The molecule has 0 atom stereocenters. The maximum Gasteiger partial charge on any atom is 0.263 e. The first-order valence-electron chi connectivity index (χ1n) is 8.88. The number of carbonyl (C=O) groups excluding carboxylic acids is 1. The van der Waals surface area contributed by atoms with Crippen molar-refractivity contribution in [2.24, 2.45) is 5.92 Å². The van der Waals surface area contributed by atoms with Crippen LogP contribution in [0.3, 0.4) is 0 Å². The van der Waals surface area contributed by atoms with Crippen LogP contribution in [0.4, 0.5) is 10.2 Å². The molecular formula is C19H24FN3O3. The maximum atomic E-state index is 14.2. The smallest absolute Gasteiger partial charge is 0.263 e. The van der Waals surface area contributed by atoms with Gasteiger partial charge in [-0.3, -0.25) is 9.89 Å². The van der Waals surface area contributed by atoms with E-state index in [-0.39, 0.29) is 11.3 Å². The van der Waals surface area contributed by atoms with Crippen molar-refractivity contribution in [1.29, 1.82) is 0 Å². The molecule has 6 nitrogen and oxygen atoms in total. The zero-order valence-electron chi connectivity index (χ0n) is 15.1. The van der Waals surface area contributed by atoms with Crippen molar-refractivity contribution in [3.63, 3.8) is 0 Å². The molecule has 26 heavy (non-hydrogen) atoms. The van der Waals surface area contributed by atoms with Crippen LogP contribution in [0.25, 0.3) is 0 Å². The molecule has 0 spiro atoms. The normalized spacial score (nSPS) is 14.9. The van der Waals surface area contributed by atoms with E-state index in [4.69, 9.17) is 9.47 Å². The number of aromatic nitrogens is 2. The maximum absolute atomic E-state index is 14.2. The molecule has 1 aliphatic carbocycles. The summed E-state index contributed by atoms with van der Waals surface area (Å²) >= 11 is 0. The number of nitrogens with one attached hydrogen (secondary N) is 2. The number of amides is 1. The molecule has 1 fully saturated rings. The van der Waals surface area contributed by atoms with Gasteiger partial charge in [0, 0.05) is 11.8 Å². The Morgan fingerprint density at radius 2 is 2.04 bits per heavy atom. The van der Waals surface area contributed by atoms with Crippen LogP contribution in [0, 0.1) is 11.7 Å². The fourth-order valence-corrected chi connectivity index (χ4v) is 3.53. The summed E-state index contributed by atoms with van der Waals surface area (Å²) in [6.07, 6.45) is 7.24. The second-order valence-electron chi connectivity index (χ2n) is 6.60. The van der Waals surface area contributed by atoms with E-state index >= 15 is 0 Å². The molecule has 7 heteroatoms. The molecule has 0 aliphatic heterocycles. The molecule has 0 bridgehead atoms. The number of ether oxygens (including phenoxy) is 2. The monoisotopic (exact) mass is 361 g/mol. The van der Waals surface area contributed by atoms with E-state index in [2.05, 4.69) is 15.5 Å². The number of aromatic amines is 1. The first-order valence-corrected chi connectivity index (χ1v) is 8.88. The molecule has 1 aromatic heterocycles. The molecule has 0 unspecified atom stereocenters. The molecule has 1 heterocycles. The van der Waals surface area contributed by atoms with E-state index in [1.165, 1.54) is 58.5 Å². The standard InChI is InChI=1S/C19H24FN3O3/c1-25-15-9-8-14(20)17(18(15)26-2)19(24)21-16-11-13(22-23-16)10-12-6-4-3-5-7-12/h8-9,11-12H,3-7,10H2,1-2H3,(H2,21,22,23,24). The van der Waals surface area contributed by atoms with Gasteiger partial charge in [0.25, 0.3) is 5.91 Å². The molecule has 1 amide bonds. The summed E-state index contributed by atoms with van der Waals surface area (Å²) in [6.45, 7) is 0. The Morgan fingerprint density at radius 1 is 1.27 bits per heavy atom. The number of H-pyrrole nitrogens is 1. The number of hydrogen-bond donors (Lipinski definition) is 2. The summed E-state index contributed by atoms with van der Waals surface area (Å²) in [7, 11) is 2.80. The highest BCUT2D eigenvalue weighted by atomic mass is 19.1. The topological polar surface area (TPSA) is 76.2 Å². The zero-order chi connectivity index (χ0) is 18.5. The lowest BCUT2D eigenvalue weighted by molar-refractivity contribution is 0.101. The van der Waals surface area contributed by atoms with Gasteiger partial charge in [0.05, 0.1) is 14.2 Å². The van der Waals surface area contributed by atoms with E-state index in [1.54, 1.807) is 6.07 Å². The van der Waals surface area contributed by atoms with Crippen LogP contribution in [0.15, 0.2) is 18.2 Å². The Kier molecular flexibility index (Phi) is 5.75. The van der Waals surface area contributed by atoms with Crippen LogP contribution in [0.2, 0.25) is 0 Å². The van der Waals surface area contributed by atoms with Crippen molar-refractivity contribution in [2.75, 3.05) is 19.5 Å². The highest BCUT2D eigenvalue weighted by Crippen LogP contribution is 2.33. The summed E-state index contributed by atoms with van der Waals surface area (Å²) < 4.78 is 24.5. The van der Waals surface area contributed by atoms with Gasteiger partial charge in [-0.2, -0.15) is 5.10 Å². The van der Waals surface area contributed by atoms with E-state index in [0.29, 0.717) is 17.5 Å². The van der Waals surface area contributed by atoms with Crippen LogP contribution >= 0.6 is 0 Å². The van der Waals surface area contributed by atoms with Gasteiger partial charge >= 0.3 is 0 Å². The average molecular weight is 361 g/mol. The van der Waals surface area contributed by atoms with Gasteiger partial charge in [-0.15, -0.1) is 0 Å². The van der Waals surface area contributed by atoms with Crippen LogP contribution in [0.5, 0.6) is 11.5 Å². The third-order valence-electron chi connectivity index (χ3n) is 4.83. The van der Waals surface area contributed by atoms with E-state index in [1.807, 2.05) is 0 Å². The first-order chi connectivity index (χ1) is 12.6. The highest BCUT2D eigenvalue weighted by molar-refractivity contribution is 6.06. The second kappa shape index (κ2) is 8.21. The second-order valence-corrected chi connectivity index (χ2v) is 6.60. The van der Waals surface area contributed by atoms with Gasteiger partial charge in [0.15, 0.2) is 17.3 Å². The van der Waals surface area contributed by atoms with Crippen molar-refractivity contribution in [3.05, 3.63) is 35.3 Å². The Bertz CT molecular complexity index is 769. The molecular weight excluding hydrogens is 337 g/mol. The molecule has 0 radical (unpaired) electrons. The Labute approximate surface area is 152 Å². The van der Waals surface area contributed by atoms with Crippen LogP contribution in [-0.4, -0.2) is 30.3 Å². The summed E-state index contributed by atoms with van der Waals surface area (Å²) in [4.78, 5) is 12.5. The first kappa shape index (κ1) is 18.2. The molecule has 0 saturated heterocycles. The van der Waals surface area contributed by atoms with Gasteiger partial charge in [0.2, 0.25) is 0 Å². The van der Waals surface area contributed by atoms with Crippen LogP contribution in [-0.2, 0) is 6.42 Å². The van der Waals surface area contributed by atoms with Crippen molar-refractivity contribution in [3.8, 4) is 11.5 Å². The minimum Gasteiger partial charge on any atom is -0.493 e. The summed E-state index contributed by atoms with van der Waals surface area (Å²) in [5.74, 6) is 0.0582. The number of halogens is 1. The molecule has 3 rings (SSSR count). The number of hydrogen-bond acceptors (Lipinski definition) is 4. The Balaban J connectivity index is 1.72.